The molecule has 0 aliphatic carbocycles. The van der Waals surface area contributed by atoms with E-state index in [4.69, 9.17) is 4.74 Å². The molecular weight excluding hydrogens is 488 g/mol. The van der Waals surface area contributed by atoms with E-state index in [-0.39, 0.29) is 38.3 Å². The van der Waals surface area contributed by atoms with Crippen LogP contribution < -0.4 is 10.1 Å². The Morgan fingerprint density at radius 1 is 1.23 bits per heavy atom. The van der Waals surface area contributed by atoms with Gasteiger partial charge in [0.2, 0.25) is 5.91 Å². The Morgan fingerprint density at radius 3 is 2.46 bits per heavy atom. The van der Waals surface area contributed by atoms with Gasteiger partial charge in [0.25, 0.3) is 0 Å². The van der Waals surface area contributed by atoms with Gasteiger partial charge in [-0.3, -0.25) is 4.79 Å². The highest BCUT2D eigenvalue weighted by molar-refractivity contribution is 7.59. The summed E-state index contributed by atoms with van der Waals surface area (Å²) in [7, 11) is 2.12. The fourth-order valence-corrected chi connectivity index (χ4v) is 4.48. The lowest BCUT2D eigenvalue weighted by Gasteiger charge is -2.35. The monoisotopic (exact) mass is 530 g/mol. The minimum absolute atomic E-state index is 0. The fraction of sp³-hybridized carbons (Fsp3) is 0.640. The number of hydrogen-bond donors (Lipinski definition) is 3. The van der Waals surface area contributed by atoms with E-state index in [2.05, 4.69) is 24.2 Å². The van der Waals surface area contributed by atoms with E-state index < -0.39 is 35.9 Å². The molecule has 1 amide bonds. The summed E-state index contributed by atoms with van der Waals surface area (Å²) in [5, 5.41) is 22.2. The smallest absolute Gasteiger partial charge is 0.343 e. The first-order valence-electron chi connectivity index (χ1n) is 11.7. The minimum atomic E-state index is -2.11. The van der Waals surface area contributed by atoms with E-state index in [0.29, 0.717) is 5.75 Å². The number of carbonyl (C=O) groups is 3. The first-order valence-corrected chi connectivity index (χ1v) is 11.7. The molecule has 1 aliphatic heterocycles. The molecule has 3 atom stereocenters. The van der Waals surface area contributed by atoms with Crippen molar-refractivity contribution < 1.29 is 29.3 Å². The summed E-state index contributed by atoms with van der Waals surface area (Å²) in [6, 6.07) is 6.27. The van der Waals surface area contributed by atoms with Crippen molar-refractivity contribution in [1.29, 1.82) is 0 Å². The average molecular weight is 531 g/mol. The highest BCUT2D eigenvalue weighted by atomic mass is 32.1. The fourth-order valence-electron chi connectivity index (χ4n) is 4.48. The Labute approximate surface area is 222 Å². The molecule has 0 radical (unpaired) electrons. The number of carboxylic acid groups (broad SMARTS) is 1. The van der Waals surface area contributed by atoms with Crippen LogP contribution in [-0.2, 0) is 19.8 Å². The lowest BCUT2D eigenvalue weighted by molar-refractivity contribution is -0.157. The maximum absolute atomic E-state index is 12.7. The molecule has 1 saturated heterocycles. The number of nitrogens with one attached hydrogen (secondary N) is 1. The molecule has 8 nitrogen and oxygen atoms in total. The third kappa shape index (κ3) is 9.00. The van der Waals surface area contributed by atoms with Crippen LogP contribution in [0.3, 0.4) is 0 Å². The van der Waals surface area contributed by atoms with Crippen LogP contribution in [0.4, 0.5) is 0 Å². The summed E-state index contributed by atoms with van der Waals surface area (Å²) >= 11 is 0. The first kappa shape index (κ1) is 33.2. The molecular formula is C25H42N2O6S2. The number of aliphatic carboxylic acids is 1. The highest BCUT2D eigenvalue weighted by Gasteiger charge is 2.37. The van der Waals surface area contributed by atoms with Crippen molar-refractivity contribution in [2.75, 3.05) is 20.1 Å². The molecule has 1 heterocycles. The van der Waals surface area contributed by atoms with Crippen LogP contribution in [0.15, 0.2) is 24.3 Å². The summed E-state index contributed by atoms with van der Waals surface area (Å²) in [5.74, 6) is -2.91. The van der Waals surface area contributed by atoms with E-state index in [1.807, 2.05) is 18.2 Å². The van der Waals surface area contributed by atoms with Crippen LogP contribution in [0.2, 0.25) is 0 Å². The molecule has 1 fully saturated rings. The SMILES string of the molecule is CCC1(c2cccc(OC(=O)[C@@](C)(O)CC(=O)N[C@H](C(=O)O)C(C)C)c2)CCCCN(C)C1.S.S. The van der Waals surface area contributed by atoms with Gasteiger partial charge in [0.1, 0.15) is 11.8 Å². The quantitative estimate of drug-likeness (QED) is 0.332. The van der Waals surface area contributed by atoms with Crippen molar-refractivity contribution >= 4 is 44.8 Å². The predicted octanol–water partition coefficient (Wildman–Crippen LogP) is 2.95. The zero-order valence-electron chi connectivity index (χ0n) is 21.4. The third-order valence-corrected chi connectivity index (χ3v) is 6.55. The Bertz CT molecular complexity index is 864. The molecule has 0 spiro atoms. The average Bonchev–Trinajstić information content (AvgIpc) is 2.93. The number of nitrogens with zero attached hydrogens (tertiary/aromatic N) is 1. The molecule has 1 aromatic rings. The molecule has 3 N–H and O–H groups in total. The van der Waals surface area contributed by atoms with Gasteiger partial charge >= 0.3 is 11.9 Å². The molecule has 10 heteroatoms. The predicted molar refractivity (Wildman–Crippen MR) is 146 cm³/mol. The lowest BCUT2D eigenvalue weighted by Crippen LogP contribution is -2.49. The van der Waals surface area contributed by atoms with Crippen LogP contribution >= 0.6 is 27.0 Å². The lowest BCUT2D eigenvalue weighted by atomic mass is 9.74. The zero-order chi connectivity index (χ0) is 24.8. The Balaban J connectivity index is 0.00000578. The van der Waals surface area contributed by atoms with Crippen LogP contribution in [0, 0.1) is 5.92 Å². The van der Waals surface area contributed by atoms with E-state index in [1.165, 1.54) is 6.92 Å². The van der Waals surface area contributed by atoms with Gasteiger partial charge in [0.15, 0.2) is 5.60 Å². The second-order valence-corrected chi connectivity index (χ2v) is 9.82. The Morgan fingerprint density at radius 2 is 1.89 bits per heavy atom. The summed E-state index contributed by atoms with van der Waals surface area (Å²) in [6.07, 6.45) is 3.67. The van der Waals surface area contributed by atoms with Crippen molar-refractivity contribution in [3.63, 3.8) is 0 Å². The number of ether oxygens (including phenoxy) is 1. The van der Waals surface area contributed by atoms with Gasteiger partial charge in [-0.2, -0.15) is 27.0 Å². The third-order valence-electron chi connectivity index (χ3n) is 6.55. The number of carboxylic acids is 1. The van der Waals surface area contributed by atoms with Gasteiger partial charge in [-0.25, -0.2) is 9.59 Å². The number of aliphatic hydroxyl groups is 1. The molecule has 0 bridgehead atoms. The van der Waals surface area contributed by atoms with Crippen molar-refractivity contribution in [1.82, 2.24) is 10.2 Å². The number of likely N-dealkylation sites (N-methyl/N-ethyl adjacent to an activating group) is 1. The maximum Gasteiger partial charge on any atom is 0.343 e. The number of likely N-dealkylation sites (tertiary alicyclic amines) is 1. The van der Waals surface area contributed by atoms with Crippen molar-refractivity contribution in [2.24, 2.45) is 5.92 Å². The first-order chi connectivity index (χ1) is 15.4. The van der Waals surface area contributed by atoms with Crippen molar-refractivity contribution in [3.8, 4) is 5.75 Å². The zero-order valence-corrected chi connectivity index (χ0v) is 23.4. The number of esters is 1. The van der Waals surface area contributed by atoms with E-state index in [1.54, 1.807) is 19.9 Å². The topological polar surface area (TPSA) is 116 Å². The maximum atomic E-state index is 12.7. The number of hydrogen-bond acceptors (Lipinski definition) is 6. The second kappa shape index (κ2) is 14.1. The van der Waals surface area contributed by atoms with E-state index in [9.17, 15) is 24.6 Å². The molecule has 0 aromatic heterocycles. The van der Waals surface area contributed by atoms with Gasteiger partial charge in [0, 0.05) is 12.0 Å². The van der Waals surface area contributed by atoms with Crippen molar-refractivity contribution in [3.05, 3.63) is 29.8 Å². The van der Waals surface area contributed by atoms with Gasteiger partial charge in [0.05, 0.1) is 6.42 Å². The summed E-state index contributed by atoms with van der Waals surface area (Å²) in [6.45, 7) is 8.65. The number of amides is 1. The minimum Gasteiger partial charge on any atom is -0.480 e. The highest BCUT2D eigenvalue weighted by Crippen LogP contribution is 2.37. The molecule has 2 rings (SSSR count). The number of rotatable bonds is 9. The molecule has 200 valence electrons. The number of carbonyl (C=O) groups excluding carboxylic acids is 2. The number of benzene rings is 1. The molecule has 1 unspecified atom stereocenters. The van der Waals surface area contributed by atoms with Gasteiger partial charge in [-0.1, -0.05) is 39.3 Å². The van der Waals surface area contributed by atoms with Crippen LogP contribution in [-0.4, -0.2) is 64.7 Å². The Hall–Kier alpha value is -1.75. The van der Waals surface area contributed by atoms with E-state index >= 15 is 0 Å². The van der Waals surface area contributed by atoms with Crippen molar-refractivity contribution in [2.45, 2.75) is 76.9 Å². The van der Waals surface area contributed by atoms with Crippen LogP contribution in [0.5, 0.6) is 5.75 Å². The van der Waals surface area contributed by atoms with Crippen LogP contribution in [0.25, 0.3) is 0 Å². The van der Waals surface area contributed by atoms with Gasteiger partial charge in [-0.05, 0) is 63.4 Å². The van der Waals surface area contributed by atoms with Gasteiger partial charge < -0.3 is 25.2 Å². The van der Waals surface area contributed by atoms with Gasteiger partial charge in [-0.15, -0.1) is 0 Å². The normalized spacial score (nSPS) is 20.9. The standard InChI is InChI=1S/C25H38N2O6.2H2S/c1-6-25(12-7-8-13-27(5)16-25)18-10-9-11-19(14-18)33-23(31)24(4,32)15-20(28)26-21(17(2)3)22(29)30;;/h9-11,14,17,21,32H,6-8,12-13,15-16H2,1-5H3,(H,26,28)(H,29,30);2*1H2/t21-,24-,25?;;/m0../s1. The molecule has 0 saturated carbocycles. The molecule has 35 heavy (non-hydrogen) atoms. The molecule has 1 aromatic carbocycles. The largest absolute Gasteiger partial charge is 0.480 e. The second-order valence-electron chi connectivity index (χ2n) is 9.82. The summed E-state index contributed by atoms with van der Waals surface area (Å²) < 4.78 is 5.46. The van der Waals surface area contributed by atoms with Crippen LogP contribution in [0.1, 0.15) is 65.4 Å². The van der Waals surface area contributed by atoms with E-state index in [0.717, 1.165) is 44.3 Å². The summed E-state index contributed by atoms with van der Waals surface area (Å²) in [4.78, 5) is 38.6. The molecule has 1 aliphatic rings. The summed E-state index contributed by atoms with van der Waals surface area (Å²) in [5.41, 5.74) is -1.06. The Kier molecular flexibility index (Phi) is 13.4.